The molecule has 0 amide bonds. The molecule has 0 N–H and O–H groups in total. The largest absolute Gasteiger partial charge is 0.296 e. The van der Waals surface area contributed by atoms with E-state index in [9.17, 15) is 8.42 Å². The van der Waals surface area contributed by atoms with Crippen LogP contribution in [0.2, 0.25) is 0 Å². The molecule has 17 heavy (non-hydrogen) atoms. The van der Waals surface area contributed by atoms with Crippen LogP contribution in [-0.4, -0.2) is 43.5 Å². The first-order chi connectivity index (χ1) is 7.67. The van der Waals surface area contributed by atoms with E-state index < -0.39 is 9.84 Å². The minimum atomic E-state index is -2.75. The third-order valence-corrected chi connectivity index (χ3v) is 6.68. The molecule has 1 saturated carbocycles. The molecule has 1 aliphatic carbocycles. The molecule has 3 nitrogen and oxygen atoms in total. The Morgan fingerprint density at radius 2 is 1.53 bits per heavy atom. The molecule has 0 spiro atoms. The Morgan fingerprint density at radius 1 is 1.06 bits per heavy atom. The van der Waals surface area contributed by atoms with Gasteiger partial charge in [-0.15, -0.1) is 0 Å². The fourth-order valence-electron chi connectivity index (χ4n) is 3.57. The van der Waals surface area contributed by atoms with Crippen molar-refractivity contribution in [1.29, 1.82) is 0 Å². The zero-order valence-corrected chi connectivity index (χ0v) is 12.3. The quantitative estimate of drug-likeness (QED) is 0.760. The van der Waals surface area contributed by atoms with Crippen molar-refractivity contribution in [1.82, 2.24) is 4.90 Å². The lowest BCUT2D eigenvalue weighted by Gasteiger charge is -2.60. The van der Waals surface area contributed by atoms with Gasteiger partial charge in [-0.2, -0.15) is 0 Å². The molecule has 0 aromatic heterocycles. The molecule has 0 atom stereocenters. The van der Waals surface area contributed by atoms with E-state index in [0.717, 1.165) is 13.1 Å². The summed E-state index contributed by atoms with van der Waals surface area (Å²) in [5, 5.41) is 0. The summed E-state index contributed by atoms with van der Waals surface area (Å²) in [6, 6.07) is 0. The molecule has 0 aromatic carbocycles. The molecule has 100 valence electrons. The van der Waals surface area contributed by atoms with Crippen LogP contribution < -0.4 is 0 Å². The van der Waals surface area contributed by atoms with Crippen LogP contribution in [-0.2, 0) is 9.84 Å². The summed E-state index contributed by atoms with van der Waals surface area (Å²) in [6.45, 7) is 10.7. The van der Waals surface area contributed by atoms with E-state index in [1.807, 2.05) is 0 Å². The first kappa shape index (κ1) is 13.3. The van der Waals surface area contributed by atoms with Gasteiger partial charge >= 0.3 is 0 Å². The number of rotatable bonds is 2. The molecule has 0 unspecified atom stereocenters. The van der Waals surface area contributed by atoms with Crippen molar-refractivity contribution in [2.24, 2.45) is 11.3 Å². The molecule has 1 heterocycles. The summed E-state index contributed by atoms with van der Waals surface area (Å²) in [4.78, 5) is 2.40. The Bertz CT molecular complexity index is 380. The summed E-state index contributed by atoms with van der Waals surface area (Å²) in [5.74, 6) is 1.41. The fourth-order valence-corrected chi connectivity index (χ4v) is 4.77. The van der Waals surface area contributed by atoms with Crippen LogP contribution in [0.4, 0.5) is 0 Å². The van der Waals surface area contributed by atoms with Crippen LogP contribution in [0.3, 0.4) is 0 Å². The molecule has 0 bridgehead atoms. The summed E-state index contributed by atoms with van der Waals surface area (Å²) in [6.07, 6.45) is 2.41. The second kappa shape index (κ2) is 3.95. The highest BCUT2D eigenvalue weighted by atomic mass is 32.2. The zero-order chi connectivity index (χ0) is 12.9. The Balaban J connectivity index is 1.98. The number of nitrogens with zero attached hydrogens (tertiary/aromatic N) is 1. The van der Waals surface area contributed by atoms with E-state index >= 15 is 0 Å². The van der Waals surface area contributed by atoms with Gasteiger partial charge in [-0.3, -0.25) is 4.90 Å². The van der Waals surface area contributed by atoms with Gasteiger partial charge < -0.3 is 0 Å². The van der Waals surface area contributed by atoms with Crippen LogP contribution in [0.15, 0.2) is 0 Å². The highest BCUT2D eigenvalue weighted by Gasteiger charge is 2.53. The van der Waals surface area contributed by atoms with Gasteiger partial charge in [-0.05, 0) is 31.1 Å². The molecule has 0 aromatic rings. The summed E-state index contributed by atoms with van der Waals surface area (Å²) < 4.78 is 22.9. The Labute approximate surface area is 105 Å². The van der Waals surface area contributed by atoms with E-state index in [2.05, 4.69) is 32.6 Å². The summed E-state index contributed by atoms with van der Waals surface area (Å²) in [5.41, 5.74) is 0.694. The third-order valence-electron chi connectivity index (χ3n) is 5.07. The highest BCUT2D eigenvalue weighted by molar-refractivity contribution is 7.91. The van der Waals surface area contributed by atoms with E-state index in [1.54, 1.807) is 0 Å². The van der Waals surface area contributed by atoms with Crippen molar-refractivity contribution in [3.63, 3.8) is 0 Å². The highest BCUT2D eigenvalue weighted by Crippen LogP contribution is 2.55. The van der Waals surface area contributed by atoms with Gasteiger partial charge in [0.2, 0.25) is 0 Å². The molecule has 2 rings (SSSR count). The van der Waals surface area contributed by atoms with Crippen molar-refractivity contribution >= 4 is 9.84 Å². The van der Waals surface area contributed by atoms with Gasteiger partial charge in [-0.1, -0.05) is 20.8 Å². The monoisotopic (exact) mass is 259 g/mol. The van der Waals surface area contributed by atoms with Gasteiger partial charge in [0.25, 0.3) is 0 Å². The lowest BCUT2D eigenvalue weighted by Crippen LogP contribution is -2.63. The number of hydrogen-bond donors (Lipinski definition) is 0. The molecular weight excluding hydrogens is 234 g/mol. The van der Waals surface area contributed by atoms with Crippen LogP contribution >= 0.6 is 0 Å². The summed E-state index contributed by atoms with van der Waals surface area (Å²) >= 11 is 0. The van der Waals surface area contributed by atoms with Gasteiger partial charge in [0.15, 0.2) is 9.84 Å². The lowest BCUT2D eigenvalue weighted by atomic mass is 9.54. The van der Waals surface area contributed by atoms with E-state index in [1.165, 1.54) is 12.8 Å². The minimum absolute atomic E-state index is 0.245. The smallest absolute Gasteiger partial charge is 0.152 e. The number of sulfone groups is 1. The van der Waals surface area contributed by atoms with Gasteiger partial charge in [0.1, 0.15) is 0 Å². The Kier molecular flexibility index (Phi) is 3.10. The van der Waals surface area contributed by atoms with Crippen molar-refractivity contribution in [2.75, 3.05) is 24.6 Å². The van der Waals surface area contributed by atoms with Crippen molar-refractivity contribution in [2.45, 2.75) is 46.1 Å². The van der Waals surface area contributed by atoms with Crippen LogP contribution in [0.25, 0.3) is 0 Å². The Morgan fingerprint density at radius 3 is 1.94 bits per heavy atom. The van der Waals surface area contributed by atoms with Crippen LogP contribution in [0, 0.1) is 11.3 Å². The van der Waals surface area contributed by atoms with Gasteiger partial charge in [0.05, 0.1) is 11.5 Å². The van der Waals surface area contributed by atoms with Crippen molar-refractivity contribution in [3.05, 3.63) is 0 Å². The molecule has 0 radical (unpaired) electrons. The third kappa shape index (κ3) is 2.39. The van der Waals surface area contributed by atoms with Gasteiger partial charge in [-0.25, -0.2) is 8.42 Å². The molecule has 2 aliphatic rings. The fraction of sp³-hybridized carbons (Fsp3) is 1.00. The lowest BCUT2D eigenvalue weighted by molar-refractivity contribution is -0.0850. The van der Waals surface area contributed by atoms with E-state index in [0.29, 0.717) is 22.8 Å². The predicted octanol–water partition coefficient (Wildman–Crippen LogP) is 1.93. The maximum Gasteiger partial charge on any atom is 0.152 e. The normalized spacial score (nSPS) is 42.4. The van der Waals surface area contributed by atoms with E-state index in [-0.39, 0.29) is 5.54 Å². The van der Waals surface area contributed by atoms with Crippen molar-refractivity contribution < 1.29 is 8.42 Å². The standard InChI is InChI=1S/C13H25NO2S/c1-11(2)12(3)9-13(4,10-12)14-5-7-17(15,16)8-6-14/h11H,5-10H2,1-4H3. The topological polar surface area (TPSA) is 37.4 Å². The van der Waals surface area contributed by atoms with Gasteiger partial charge in [0, 0.05) is 18.6 Å². The maximum absolute atomic E-state index is 11.4. The molecule has 2 fully saturated rings. The van der Waals surface area contributed by atoms with Crippen LogP contribution in [0.1, 0.15) is 40.5 Å². The first-order valence-corrected chi connectivity index (χ1v) is 8.45. The average molecular weight is 259 g/mol. The maximum atomic E-state index is 11.4. The SMILES string of the molecule is CC(C)C1(C)CC(C)(N2CCS(=O)(=O)CC2)C1. The number of hydrogen-bond acceptors (Lipinski definition) is 3. The summed E-state index contributed by atoms with van der Waals surface area (Å²) in [7, 11) is -2.75. The molecular formula is C13H25NO2S. The predicted molar refractivity (Wildman–Crippen MR) is 70.8 cm³/mol. The Hall–Kier alpha value is -0.0900. The molecule has 1 saturated heterocycles. The first-order valence-electron chi connectivity index (χ1n) is 6.62. The average Bonchev–Trinajstić information content (AvgIpc) is 2.14. The van der Waals surface area contributed by atoms with Crippen LogP contribution in [0.5, 0.6) is 0 Å². The zero-order valence-electron chi connectivity index (χ0n) is 11.5. The van der Waals surface area contributed by atoms with Crippen molar-refractivity contribution in [3.8, 4) is 0 Å². The van der Waals surface area contributed by atoms with E-state index in [4.69, 9.17) is 0 Å². The molecule has 1 aliphatic heterocycles. The molecule has 4 heteroatoms. The second-order valence-corrected chi connectivity index (χ2v) is 9.10. The second-order valence-electron chi connectivity index (χ2n) is 6.80. The minimum Gasteiger partial charge on any atom is -0.296 e.